The Morgan fingerprint density at radius 3 is 2.76 bits per heavy atom. The number of piperidine rings is 1. The zero-order valence-corrected chi connectivity index (χ0v) is 14.0. The van der Waals surface area contributed by atoms with Crippen molar-refractivity contribution in [2.45, 2.75) is 18.6 Å². The summed E-state index contributed by atoms with van der Waals surface area (Å²) >= 11 is 0. The minimum Gasteiger partial charge on any atom is -0.422 e. The molecule has 1 saturated heterocycles. The van der Waals surface area contributed by atoms with E-state index in [2.05, 4.69) is 15.4 Å². The molecule has 2 atom stereocenters. The van der Waals surface area contributed by atoms with Crippen LogP contribution >= 0.6 is 0 Å². The maximum Gasteiger partial charge on any atom is 0.511 e. The SMILES string of the molecule is CS(=O)(=O)N1CCC(Nc2ncc3cc(F)c(B(O)O)n3n2)[C@H](F)C1. The first-order valence-electron chi connectivity index (χ1n) is 7.43. The Morgan fingerprint density at radius 2 is 2.16 bits per heavy atom. The van der Waals surface area contributed by atoms with Gasteiger partial charge in [-0.05, 0) is 6.42 Å². The summed E-state index contributed by atoms with van der Waals surface area (Å²) < 4.78 is 53.0. The van der Waals surface area contributed by atoms with Crippen molar-refractivity contribution < 1.29 is 27.2 Å². The molecule has 0 spiro atoms. The Labute approximate surface area is 142 Å². The van der Waals surface area contributed by atoms with Crippen LogP contribution in [0.25, 0.3) is 5.52 Å². The van der Waals surface area contributed by atoms with Gasteiger partial charge in [-0.3, -0.25) is 0 Å². The first kappa shape index (κ1) is 18.0. The molecule has 0 aromatic carbocycles. The summed E-state index contributed by atoms with van der Waals surface area (Å²) in [6.45, 7) is -0.130. The van der Waals surface area contributed by atoms with E-state index >= 15 is 0 Å². The summed E-state index contributed by atoms with van der Waals surface area (Å²) in [7, 11) is -5.54. The zero-order valence-electron chi connectivity index (χ0n) is 13.2. The van der Waals surface area contributed by atoms with E-state index in [0.717, 1.165) is 21.1 Å². The minimum absolute atomic E-state index is 0.0366. The molecule has 1 aliphatic heterocycles. The van der Waals surface area contributed by atoms with Crippen molar-refractivity contribution in [3.8, 4) is 0 Å². The molecule has 2 aromatic heterocycles. The average molecular weight is 375 g/mol. The second kappa shape index (κ2) is 6.48. The number of anilines is 1. The van der Waals surface area contributed by atoms with E-state index in [1.807, 2.05) is 0 Å². The predicted molar refractivity (Wildman–Crippen MR) is 86.1 cm³/mol. The number of hydrogen-bond acceptors (Lipinski definition) is 7. The highest BCUT2D eigenvalue weighted by atomic mass is 32.2. The number of sulfonamides is 1. The van der Waals surface area contributed by atoms with E-state index in [9.17, 15) is 27.2 Å². The summed E-state index contributed by atoms with van der Waals surface area (Å²) in [5, 5.41) is 25.2. The molecule has 0 amide bonds. The van der Waals surface area contributed by atoms with Crippen LogP contribution < -0.4 is 10.9 Å². The molecule has 3 heterocycles. The Kier molecular flexibility index (Phi) is 4.66. The molecule has 0 aliphatic carbocycles. The van der Waals surface area contributed by atoms with Crippen molar-refractivity contribution in [1.82, 2.24) is 18.9 Å². The number of nitrogens with one attached hydrogen (secondary N) is 1. The molecular weight excluding hydrogens is 359 g/mol. The van der Waals surface area contributed by atoms with Crippen molar-refractivity contribution in [3.63, 3.8) is 0 Å². The fourth-order valence-electron chi connectivity index (χ4n) is 2.76. The number of alkyl halides is 1. The normalized spacial score (nSPS) is 22.3. The second-order valence-corrected chi connectivity index (χ2v) is 7.83. The molecule has 13 heteroatoms. The Morgan fingerprint density at radius 1 is 1.44 bits per heavy atom. The maximum atomic E-state index is 14.3. The number of aromatic nitrogens is 3. The zero-order chi connectivity index (χ0) is 18.4. The Bertz CT molecular complexity index is 893. The predicted octanol–water partition coefficient (Wildman–Crippen LogP) is -1.67. The van der Waals surface area contributed by atoms with Gasteiger partial charge in [-0.1, -0.05) is 0 Å². The van der Waals surface area contributed by atoms with E-state index in [1.54, 1.807) is 0 Å². The largest absolute Gasteiger partial charge is 0.511 e. The molecule has 9 nitrogen and oxygen atoms in total. The third kappa shape index (κ3) is 3.59. The summed E-state index contributed by atoms with van der Waals surface area (Å²) in [5.74, 6) is -0.892. The van der Waals surface area contributed by atoms with Gasteiger partial charge < -0.3 is 15.4 Å². The van der Waals surface area contributed by atoms with Crippen LogP contribution in [0, 0.1) is 5.82 Å². The van der Waals surface area contributed by atoms with E-state index < -0.39 is 40.8 Å². The number of nitrogens with zero attached hydrogens (tertiary/aromatic N) is 4. The molecule has 25 heavy (non-hydrogen) atoms. The molecule has 1 aliphatic rings. The molecule has 2 aromatic rings. The fourth-order valence-corrected chi connectivity index (χ4v) is 3.61. The standard InChI is InChI=1S/C12H16BF2N5O4S/c1-25(23,24)19-3-2-10(9(15)6-19)17-12-16-5-7-4-8(14)11(13(21)22)20(7)18-12/h4-5,9-10,21-22H,2-3,6H2,1H3,(H,17,18)/t9-,10?/m1/s1. The minimum atomic E-state index is -3.46. The number of fused-ring (bicyclic) bond motifs is 1. The highest BCUT2D eigenvalue weighted by molar-refractivity contribution is 7.88. The van der Waals surface area contributed by atoms with Crippen LogP contribution in [0.4, 0.5) is 14.7 Å². The molecule has 1 unspecified atom stereocenters. The van der Waals surface area contributed by atoms with E-state index in [0.29, 0.717) is 0 Å². The van der Waals surface area contributed by atoms with Gasteiger partial charge in [0.2, 0.25) is 16.0 Å². The third-order valence-electron chi connectivity index (χ3n) is 4.04. The van der Waals surface area contributed by atoms with Gasteiger partial charge in [-0.15, -0.1) is 5.10 Å². The van der Waals surface area contributed by atoms with Gasteiger partial charge in [0.05, 0.1) is 24.0 Å². The summed E-state index contributed by atoms with van der Waals surface area (Å²) in [6, 6.07) is 0.319. The van der Waals surface area contributed by atoms with Gasteiger partial charge in [0.15, 0.2) is 0 Å². The lowest BCUT2D eigenvalue weighted by Crippen LogP contribution is -2.49. The Hall–Kier alpha value is -1.83. The van der Waals surface area contributed by atoms with E-state index in [4.69, 9.17) is 0 Å². The quantitative estimate of drug-likeness (QED) is 0.547. The lowest BCUT2D eigenvalue weighted by Gasteiger charge is -2.33. The number of rotatable bonds is 4. The molecule has 3 N–H and O–H groups in total. The lowest BCUT2D eigenvalue weighted by molar-refractivity contribution is 0.186. The van der Waals surface area contributed by atoms with Crippen LogP contribution in [0.5, 0.6) is 0 Å². The van der Waals surface area contributed by atoms with E-state index in [-0.39, 0.29) is 31.0 Å². The first-order valence-corrected chi connectivity index (χ1v) is 9.27. The van der Waals surface area contributed by atoms with Crippen LogP contribution in [0.15, 0.2) is 12.3 Å². The van der Waals surface area contributed by atoms with Crippen LogP contribution in [-0.2, 0) is 10.0 Å². The van der Waals surface area contributed by atoms with Crippen LogP contribution in [-0.4, -0.2) is 76.0 Å². The Balaban J connectivity index is 1.81. The van der Waals surface area contributed by atoms with Crippen LogP contribution in [0.3, 0.4) is 0 Å². The van der Waals surface area contributed by atoms with Crippen molar-refractivity contribution in [1.29, 1.82) is 0 Å². The number of halogens is 2. The summed E-state index contributed by atoms with van der Waals surface area (Å²) in [4.78, 5) is 3.95. The topological polar surface area (TPSA) is 120 Å². The molecule has 3 rings (SSSR count). The summed E-state index contributed by atoms with van der Waals surface area (Å²) in [6.07, 6.45) is 0.994. The van der Waals surface area contributed by atoms with Crippen molar-refractivity contribution >= 4 is 34.2 Å². The maximum absolute atomic E-state index is 14.3. The lowest BCUT2D eigenvalue weighted by atomic mass is 9.86. The molecular formula is C12H16BF2N5O4S. The fraction of sp³-hybridized carbons (Fsp3) is 0.500. The monoisotopic (exact) mass is 375 g/mol. The van der Waals surface area contributed by atoms with Crippen molar-refractivity contribution in [3.05, 3.63) is 18.1 Å². The highest BCUT2D eigenvalue weighted by Gasteiger charge is 2.33. The van der Waals surface area contributed by atoms with Gasteiger partial charge in [0.25, 0.3) is 0 Å². The first-order chi connectivity index (χ1) is 11.7. The van der Waals surface area contributed by atoms with Crippen molar-refractivity contribution in [2.75, 3.05) is 24.7 Å². The molecule has 1 fully saturated rings. The number of hydrogen-bond donors (Lipinski definition) is 3. The van der Waals surface area contributed by atoms with Gasteiger partial charge in [-0.2, -0.15) is 4.31 Å². The van der Waals surface area contributed by atoms with Crippen LogP contribution in [0.2, 0.25) is 0 Å². The average Bonchev–Trinajstić information content (AvgIpc) is 2.83. The molecule has 136 valence electrons. The molecule has 0 saturated carbocycles. The van der Waals surface area contributed by atoms with Gasteiger partial charge >= 0.3 is 7.12 Å². The molecule has 0 bridgehead atoms. The van der Waals surface area contributed by atoms with Gasteiger partial charge in [0, 0.05) is 19.2 Å². The van der Waals surface area contributed by atoms with Crippen LogP contribution in [0.1, 0.15) is 6.42 Å². The second-order valence-electron chi connectivity index (χ2n) is 5.85. The summed E-state index contributed by atoms with van der Waals surface area (Å²) in [5.41, 5.74) is -0.251. The van der Waals surface area contributed by atoms with E-state index in [1.165, 1.54) is 6.20 Å². The van der Waals surface area contributed by atoms with Gasteiger partial charge in [0.1, 0.15) is 17.6 Å². The molecule has 0 radical (unpaired) electrons. The van der Waals surface area contributed by atoms with Crippen molar-refractivity contribution in [2.24, 2.45) is 0 Å². The smallest absolute Gasteiger partial charge is 0.422 e. The highest BCUT2D eigenvalue weighted by Crippen LogP contribution is 2.19. The van der Waals surface area contributed by atoms with Gasteiger partial charge in [-0.25, -0.2) is 26.7 Å². The third-order valence-corrected chi connectivity index (χ3v) is 5.31.